The third-order valence-electron chi connectivity index (χ3n) is 2.74. The Morgan fingerprint density at radius 1 is 1.14 bits per heavy atom. The number of rotatable bonds is 6. The maximum atomic E-state index is 11.7. The molecule has 0 saturated carbocycles. The molecule has 5 nitrogen and oxygen atoms in total. The molecule has 0 saturated heterocycles. The number of carbonyl (C=O) groups is 2. The van der Waals surface area contributed by atoms with Crippen molar-refractivity contribution in [2.24, 2.45) is 0 Å². The molecular formula is C15H15BrN2O3. The van der Waals surface area contributed by atoms with E-state index in [-0.39, 0.29) is 17.6 Å². The quantitative estimate of drug-likeness (QED) is 0.786. The molecular weight excluding hydrogens is 336 g/mol. The maximum absolute atomic E-state index is 11.7. The summed E-state index contributed by atoms with van der Waals surface area (Å²) in [5, 5.41) is 5.49. The smallest absolute Gasteiger partial charge is 0.286 e. The van der Waals surface area contributed by atoms with Gasteiger partial charge in [-0.1, -0.05) is 15.9 Å². The van der Waals surface area contributed by atoms with Crippen molar-refractivity contribution in [2.45, 2.75) is 12.8 Å². The van der Waals surface area contributed by atoms with E-state index < -0.39 is 0 Å². The van der Waals surface area contributed by atoms with Gasteiger partial charge in [0.1, 0.15) is 0 Å². The van der Waals surface area contributed by atoms with Crippen molar-refractivity contribution in [3.8, 4) is 0 Å². The van der Waals surface area contributed by atoms with Crippen LogP contribution in [0, 0.1) is 0 Å². The van der Waals surface area contributed by atoms with Gasteiger partial charge >= 0.3 is 0 Å². The van der Waals surface area contributed by atoms with Gasteiger partial charge in [0.2, 0.25) is 5.91 Å². The highest BCUT2D eigenvalue weighted by molar-refractivity contribution is 9.10. The summed E-state index contributed by atoms with van der Waals surface area (Å²) in [6.45, 7) is 0.424. The molecule has 0 aliphatic rings. The van der Waals surface area contributed by atoms with Crippen LogP contribution in [0.15, 0.2) is 51.6 Å². The van der Waals surface area contributed by atoms with Crippen LogP contribution in [0.1, 0.15) is 23.4 Å². The lowest BCUT2D eigenvalue weighted by Gasteiger charge is -2.06. The summed E-state index contributed by atoms with van der Waals surface area (Å²) < 4.78 is 5.93. The van der Waals surface area contributed by atoms with E-state index in [9.17, 15) is 9.59 Å². The van der Waals surface area contributed by atoms with Crippen molar-refractivity contribution < 1.29 is 14.0 Å². The van der Waals surface area contributed by atoms with Crippen molar-refractivity contribution >= 4 is 33.4 Å². The molecule has 2 amide bonds. The van der Waals surface area contributed by atoms with Crippen molar-refractivity contribution in [1.82, 2.24) is 5.32 Å². The van der Waals surface area contributed by atoms with Gasteiger partial charge in [0.25, 0.3) is 5.91 Å². The number of hydrogen-bond acceptors (Lipinski definition) is 3. The first-order valence-corrected chi connectivity index (χ1v) is 7.31. The fraction of sp³-hybridized carbons (Fsp3) is 0.200. The molecule has 1 heterocycles. The van der Waals surface area contributed by atoms with Gasteiger partial charge in [0.15, 0.2) is 5.76 Å². The second kappa shape index (κ2) is 7.64. The molecule has 0 aliphatic heterocycles. The number of carbonyl (C=O) groups excluding carboxylic acids is 2. The Labute approximate surface area is 130 Å². The van der Waals surface area contributed by atoms with Gasteiger partial charge in [-0.25, -0.2) is 0 Å². The monoisotopic (exact) mass is 350 g/mol. The van der Waals surface area contributed by atoms with E-state index in [1.165, 1.54) is 6.26 Å². The first kappa shape index (κ1) is 15.3. The third kappa shape index (κ3) is 5.07. The number of furan rings is 1. The van der Waals surface area contributed by atoms with Crippen LogP contribution >= 0.6 is 15.9 Å². The van der Waals surface area contributed by atoms with Gasteiger partial charge in [-0.05, 0) is 42.8 Å². The topological polar surface area (TPSA) is 71.3 Å². The molecule has 0 fully saturated rings. The normalized spacial score (nSPS) is 10.1. The molecule has 2 rings (SSSR count). The standard InChI is InChI=1S/C15H15BrN2O3/c16-11-5-7-12(8-6-11)18-14(19)4-1-9-17-15(20)13-3-2-10-21-13/h2-3,5-8,10H,1,4,9H2,(H,17,20)(H,18,19). The third-order valence-corrected chi connectivity index (χ3v) is 3.27. The van der Waals surface area contributed by atoms with Gasteiger partial charge in [0, 0.05) is 23.1 Å². The molecule has 2 N–H and O–H groups in total. The highest BCUT2D eigenvalue weighted by Crippen LogP contribution is 2.14. The summed E-state index contributed by atoms with van der Waals surface area (Å²) in [4.78, 5) is 23.3. The molecule has 0 unspecified atom stereocenters. The average Bonchev–Trinajstić information content (AvgIpc) is 3.00. The summed E-state index contributed by atoms with van der Waals surface area (Å²) in [5.74, 6) is -0.0767. The fourth-order valence-electron chi connectivity index (χ4n) is 1.70. The zero-order valence-electron chi connectivity index (χ0n) is 11.3. The minimum atomic E-state index is -0.270. The maximum Gasteiger partial charge on any atom is 0.286 e. The van der Waals surface area contributed by atoms with Crippen LogP contribution in [-0.4, -0.2) is 18.4 Å². The van der Waals surface area contributed by atoms with Crippen LogP contribution in [0.2, 0.25) is 0 Å². The Hall–Kier alpha value is -2.08. The molecule has 2 aromatic rings. The van der Waals surface area contributed by atoms with Gasteiger partial charge in [0.05, 0.1) is 6.26 Å². The van der Waals surface area contributed by atoms with Crippen LogP contribution in [-0.2, 0) is 4.79 Å². The lowest BCUT2D eigenvalue weighted by atomic mass is 10.2. The summed E-state index contributed by atoms with van der Waals surface area (Å²) in [5.41, 5.74) is 0.753. The molecule has 0 aliphatic carbocycles. The lowest BCUT2D eigenvalue weighted by molar-refractivity contribution is -0.116. The minimum absolute atomic E-state index is 0.0791. The number of benzene rings is 1. The minimum Gasteiger partial charge on any atom is -0.459 e. The van der Waals surface area contributed by atoms with E-state index in [2.05, 4.69) is 26.6 Å². The highest BCUT2D eigenvalue weighted by Gasteiger charge is 2.07. The van der Waals surface area contributed by atoms with Crippen LogP contribution in [0.3, 0.4) is 0 Å². The Morgan fingerprint density at radius 2 is 1.90 bits per heavy atom. The average molecular weight is 351 g/mol. The second-order valence-electron chi connectivity index (χ2n) is 4.39. The Balaban J connectivity index is 1.65. The van der Waals surface area contributed by atoms with Gasteiger partial charge < -0.3 is 15.1 Å². The summed E-state index contributed by atoms with van der Waals surface area (Å²) in [6, 6.07) is 10.6. The Morgan fingerprint density at radius 3 is 2.57 bits per heavy atom. The number of amides is 2. The van der Waals surface area contributed by atoms with E-state index >= 15 is 0 Å². The Kier molecular flexibility index (Phi) is 5.57. The summed E-state index contributed by atoms with van der Waals surface area (Å²) >= 11 is 3.33. The molecule has 1 aromatic carbocycles. The van der Waals surface area contributed by atoms with Crippen molar-refractivity contribution in [1.29, 1.82) is 0 Å². The molecule has 0 bridgehead atoms. The summed E-state index contributed by atoms with van der Waals surface area (Å²) in [7, 11) is 0. The van der Waals surface area contributed by atoms with Gasteiger partial charge in [-0.2, -0.15) is 0 Å². The van der Waals surface area contributed by atoms with E-state index in [1.54, 1.807) is 12.1 Å². The predicted molar refractivity (Wildman–Crippen MR) is 83.0 cm³/mol. The lowest BCUT2D eigenvalue weighted by Crippen LogP contribution is -2.25. The van der Waals surface area contributed by atoms with Crippen molar-refractivity contribution in [3.05, 3.63) is 52.9 Å². The Bertz CT molecular complexity index is 594. The highest BCUT2D eigenvalue weighted by atomic mass is 79.9. The van der Waals surface area contributed by atoms with Gasteiger partial charge in [-0.3, -0.25) is 9.59 Å². The summed E-state index contributed by atoms with van der Waals surface area (Å²) in [6.07, 6.45) is 2.35. The molecule has 1 aromatic heterocycles. The zero-order valence-corrected chi connectivity index (χ0v) is 12.9. The molecule has 0 atom stereocenters. The van der Waals surface area contributed by atoms with Crippen LogP contribution in [0.5, 0.6) is 0 Å². The van der Waals surface area contributed by atoms with Gasteiger partial charge in [-0.15, -0.1) is 0 Å². The largest absolute Gasteiger partial charge is 0.459 e. The molecule has 0 radical (unpaired) electrons. The molecule has 21 heavy (non-hydrogen) atoms. The fourth-order valence-corrected chi connectivity index (χ4v) is 1.97. The zero-order chi connectivity index (χ0) is 15.1. The SMILES string of the molecule is O=C(CCCNC(=O)c1ccco1)Nc1ccc(Br)cc1. The molecule has 0 spiro atoms. The van der Waals surface area contributed by atoms with E-state index in [0.29, 0.717) is 19.4 Å². The van der Waals surface area contributed by atoms with Crippen LogP contribution < -0.4 is 10.6 Å². The first-order valence-electron chi connectivity index (χ1n) is 6.52. The second-order valence-corrected chi connectivity index (χ2v) is 5.31. The van der Waals surface area contributed by atoms with Crippen LogP contribution in [0.4, 0.5) is 5.69 Å². The number of nitrogens with one attached hydrogen (secondary N) is 2. The van der Waals surface area contributed by atoms with Crippen LogP contribution in [0.25, 0.3) is 0 Å². The number of halogens is 1. The van der Waals surface area contributed by atoms with E-state index in [4.69, 9.17) is 4.42 Å². The number of anilines is 1. The van der Waals surface area contributed by atoms with Crippen molar-refractivity contribution in [3.63, 3.8) is 0 Å². The predicted octanol–water partition coefficient (Wildman–Crippen LogP) is 3.19. The molecule has 110 valence electrons. The van der Waals surface area contributed by atoms with E-state index in [1.807, 2.05) is 24.3 Å². The molecule has 6 heteroatoms. The van der Waals surface area contributed by atoms with E-state index in [0.717, 1.165) is 10.2 Å². The first-order chi connectivity index (χ1) is 10.1. The number of hydrogen-bond donors (Lipinski definition) is 2. The van der Waals surface area contributed by atoms with Crippen molar-refractivity contribution in [2.75, 3.05) is 11.9 Å².